The molecule has 1 unspecified atom stereocenters. The van der Waals surface area contributed by atoms with E-state index in [1.807, 2.05) is 17.0 Å². The van der Waals surface area contributed by atoms with Crippen LogP contribution in [-0.4, -0.2) is 23.8 Å². The summed E-state index contributed by atoms with van der Waals surface area (Å²) in [5.74, 6) is 0.574. The van der Waals surface area contributed by atoms with Gasteiger partial charge in [-0.3, -0.25) is 0 Å². The molecule has 0 saturated heterocycles. The molecule has 138 valence electrons. The molecule has 2 aromatic rings. The van der Waals surface area contributed by atoms with Crippen molar-refractivity contribution in [1.29, 1.82) is 0 Å². The van der Waals surface area contributed by atoms with Crippen LogP contribution in [0.5, 0.6) is 0 Å². The highest BCUT2D eigenvalue weighted by molar-refractivity contribution is 5.72. The predicted octanol–water partition coefficient (Wildman–Crippen LogP) is 4.25. The molecular weight excluding hydrogens is 320 g/mol. The van der Waals surface area contributed by atoms with Crippen LogP contribution in [0.1, 0.15) is 56.7 Å². The Labute approximate surface area is 157 Å². The fraction of sp³-hybridized carbons (Fsp3) is 0.435. The summed E-state index contributed by atoms with van der Waals surface area (Å²) in [6.07, 6.45) is 9.54. The van der Waals surface area contributed by atoms with Crippen LogP contribution in [0.4, 0.5) is 5.69 Å². The van der Waals surface area contributed by atoms with E-state index in [4.69, 9.17) is 5.11 Å². The first-order valence-corrected chi connectivity index (χ1v) is 9.64. The maximum absolute atomic E-state index is 8.99. The molecule has 3 nitrogen and oxygen atoms in total. The number of aromatic nitrogens is 1. The minimum atomic E-state index is 0.165. The molecule has 0 aliphatic carbocycles. The summed E-state index contributed by atoms with van der Waals surface area (Å²) in [4.78, 5) is 2.53. The maximum Gasteiger partial charge on any atom is 0.171 e. The average molecular weight is 352 g/mol. The number of aliphatic hydroxyl groups excluding tert-OH is 1. The maximum atomic E-state index is 8.99. The number of hydrogen-bond acceptors (Lipinski definition) is 2. The second kappa shape index (κ2) is 7.63. The van der Waals surface area contributed by atoms with E-state index in [9.17, 15) is 0 Å². The van der Waals surface area contributed by atoms with Crippen molar-refractivity contribution < 1.29 is 9.67 Å². The summed E-state index contributed by atoms with van der Waals surface area (Å²) in [6, 6.07) is 11.0. The smallest absolute Gasteiger partial charge is 0.171 e. The van der Waals surface area contributed by atoms with Gasteiger partial charge in [0.05, 0.1) is 0 Å². The van der Waals surface area contributed by atoms with E-state index in [0.29, 0.717) is 12.5 Å². The van der Waals surface area contributed by atoms with Crippen LogP contribution in [0.2, 0.25) is 0 Å². The minimum absolute atomic E-state index is 0.165. The summed E-state index contributed by atoms with van der Waals surface area (Å²) < 4.78 is 1.99. The van der Waals surface area contributed by atoms with Crippen LogP contribution in [-0.2, 0) is 6.54 Å². The highest BCUT2D eigenvalue weighted by Gasteiger charge is 2.35. The number of pyridine rings is 1. The number of fused-ring (bicyclic) bond motifs is 1. The molecule has 3 rings (SSSR count). The number of rotatable bonds is 5. The molecule has 1 aromatic heterocycles. The first kappa shape index (κ1) is 18.7. The third-order valence-electron chi connectivity index (χ3n) is 5.47. The van der Waals surface area contributed by atoms with E-state index < -0.39 is 0 Å². The molecular formula is C23H31N2O+. The number of nitrogens with zero attached hydrogens (tertiary/aromatic N) is 2. The van der Waals surface area contributed by atoms with Crippen molar-refractivity contribution in [2.45, 2.75) is 52.1 Å². The number of hydrogen-bond donors (Lipinski definition) is 1. The first-order chi connectivity index (χ1) is 12.4. The molecule has 0 fully saturated rings. The van der Waals surface area contributed by atoms with Crippen molar-refractivity contribution in [2.24, 2.45) is 0 Å². The average Bonchev–Trinajstić information content (AvgIpc) is 2.61. The SMILES string of the molecule is CCN1c2ccc(C=Cc3cc[n+](CCO)cc3)cc2C(C)CC1(C)C. The molecule has 1 aliphatic rings. The van der Waals surface area contributed by atoms with Gasteiger partial charge in [-0.15, -0.1) is 0 Å². The van der Waals surface area contributed by atoms with Crippen molar-refractivity contribution in [1.82, 2.24) is 0 Å². The van der Waals surface area contributed by atoms with Gasteiger partial charge in [0.1, 0.15) is 6.61 Å². The summed E-state index contributed by atoms with van der Waals surface area (Å²) in [5, 5.41) is 8.99. The molecule has 0 bridgehead atoms. The van der Waals surface area contributed by atoms with Crippen molar-refractivity contribution >= 4 is 17.8 Å². The summed E-state index contributed by atoms with van der Waals surface area (Å²) in [5.41, 5.74) is 5.48. The quantitative estimate of drug-likeness (QED) is 0.816. The Kier molecular flexibility index (Phi) is 5.47. The Hall–Kier alpha value is -2.13. The highest BCUT2D eigenvalue weighted by Crippen LogP contribution is 2.43. The Bertz CT molecular complexity index is 777. The second-order valence-corrected chi connectivity index (χ2v) is 7.91. The van der Waals surface area contributed by atoms with Crippen molar-refractivity contribution in [2.75, 3.05) is 18.1 Å². The van der Waals surface area contributed by atoms with Crippen molar-refractivity contribution in [3.63, 3.8) is 0 Å². The van der Waals surface area contributed by atoms with E-state index in [1.54, 1.807) is 0 Å². The third kappa shape index (κ3) is 3.83. The van der Waals surface area contributed by atoms with Crippen molar-refractivity contribution in [3.8, 4) is 0 Å². The van der Waals surface area contributed by atoms with E-state index in [0.717, 1.165) is 6.54 Å². The topological polar surface area (TPSA) is 27.4 Å². The zero-order valence-electron chi connectivity index (χ0n) is 16.4. The molecule has 3 heteroatoms. The van der Waals surface area contributed by atoms with Gasteiger partial charge in [-0.05, 0) is 61.9 Å². The molecule has 0 spiro atoms. The fourth-order valence-electron chi connectivity index (χ4n) is 4.25. The standard InChI is InChI=1S/C23H31N2O/c1-5-25-22-9-8-20(16-21(22)18(2)17-23(25,3)4)7-6-19-10-12-24(13-11-19)14-15-26/h6-13,16,18,26H,5,14-15,17H2,1-4H3/q+1. The number of anilines is 1. The third-order valence-corrected chi connectivity index (χ3v) is 5.47. The normalized spacial score (nSPS) is 19.0. The van der Waals surface area contributed by atoms with Gasteiger partial charge in [-0.2, -0.15) is 0 Å². The fourth-order valence-corrected chi connectivity index (χ4v) is 4.25. The van der Waals surface area contributed by atoms with Crippen LogP contribution in [0, 0.1) is 0 Å². The van der Waals surface area contributed by atoms with Gasteiger partial charge in [0.25, 0.3) is 0 Å². The monoisotopic (exact) mass is 351 g/mol. The number of benzene rings is 1. The van der Waals surface area contributed by atoms with Gasteiger partial charge in [-0.1, -0.05) is 25.1 Å². The van der Waals surface area contributed by atoms with Gasteiger partial charge < -0.3 is 10.0 Å². The molecule has 1 aliphatic heterocycles. The Morgan fingerprint density at radius 3 is 2.50 bits per heavy atom. The Morgan fingerprint density at radius 1 is 1.15 bits per heavy atom. The van der Waals surface area contributed by atoms with Gasteiger partial charge in [-0.25, -0.2) is 4.57 Å². The van der Waals surface area contributed by atoms with E-state index >= 15 is 0 Å². The molecule has 1 atom stereocenters. The lowest BCUT2D eigenvalue weighted by molar-refractivity contribution is -0.698. The molecule has 26 heavy (non-hydrogen) atoms. The molecule has 0 radical (unpaired) electrons. The summed E-state index contributed by atoms with van der Waals surface area (Å²) in [6.45, 7) is 11.1. The molecule has 2 heterocycles. The summed E-state index contributed by atoms with van der Waals surface area (Å²) in [7, 11) is 0. The first-order valence-electron chi connectivity index (χ1n) is 9.64. The van der Waals surface area contributed by atoms with E-state index in [1.165, 1.54) is 28.8 Å². The largest absolute Gasteiger partial charge is 0.390 e. The number of aliphatic hydroxyl groups is 1. The van der Waals surface area contributed by atoms with Gasteiger partial charge in [0.15, 0.2) is 18.9 Å². The molecule has 1 aromatic carbocycles. The molecule has 0 amide bonds. The predicted molar refractivity (Wildman–Crippen MR) is 109 cm³/mol. The lowest BCUT2D eigenvalue weighted by Gasteiger charge is -2.47. The lowest BCUT2D eigenvalue weighted by atomic mass is 9.79. The van der Waals surface area contributed by atoms with Gasteiger partial charge in [0, 0.05) is 29.9 Å². The van der Waals surface area contributed by atoms with Crippen LogP contribution in [0.25, 0.3) is 12.2 Å². The van der Waals surface area contributed by atoms with Gasteiger partial charge in [0.2, 0.25) is 0 Å². The van der Waals surface area contributed by atoms with Crippen LogP contribution in [0.3, 0.4) is 0 Å². The zero-order valence-corrected chi connectivity index (χ0v) is 16.4. The Balaban J connectivity index is 1.83. The molecule has 1 N–H and O–H groups in total. The van der Waals surface area contributed by atoms with Crippen LogP contribution < -0.4 is 9.47 Å². The van der Waals surface area contributed by atoms with E-state index in [2.05, 4.69) is 75.1 Å². The van der Waals surface area contributed by atoms with Crippen molar-refractivity contribution in [3.05, 3.63) is 59.4 Å². The minimum Gasteiger partial charge on any atom is -0.390 e. The summed E-state index contributed by atoms with van der Waals surface area (Å²) >= 11 is 0. The lowest BCUT2D eigenvalue weighted by Crippen LogP contribution is -2.48. The second-order valence-electron chi connectivity index (χ2n) is 7.91. The van der Waals surface area contributed by atoms with Crippen LogP contribution in [0.15, 0.2) is 42.7 Å². The zero-order chi connectivity index (χ0) is 18.7. The molecule has 0 saturated carbocycles. The van der Waals surface area contributed by atoms with Crippen LogP contribution >= 0.6 is 0 Å². The highest BCUT2D eigenvalue weighted by atomic mass is 16.3. The Morgan fingerprint density at radius 2 is 1.85 bits per heavy atom. The van der Waals surface area contributed by atoms with E-state index in [-0.39, 0.29) is 12.1 Å². The van der Waals surface area contributed by atoms with Gasteiger partial charge >= 0.3 is 0 Å².